The maximum absolute atomic E-state index is 2.43. The number of hydrogen-bond acceptors (Lipinski definition) is 0. The Kier molecular flexibility index (Phi) is 1.71. The Balaban J connectivity index is 2.15. The Morgan fingerprint density at radius 2 is 1.54 bits per heavy atom. The zero-order valence-corrected chi connectivity index (χ0v) is 9.91. The summed E-state index contributed by atoms with van der Waals surface area (Å²) in [5.74, 6) is 0.908. The summed E-state index contributed by atoms with van der Waals surface area (Å²) in [7, 11) is 0. The van der Waals surface area contributed by atoms with Crippen LogP contribution < -0.4 is 0 Å². The summed E-state index contributed by atoms with van der Waals surface area (Å²) >= 11 is 0. The van der Waals surface area contributed by atoms with E-state index in [9.17, 15) is 0 Å². The van der Waals surface area contributed by atoms with Crippen LogP contribution >= 0.6 is 0 Å². The van der Waals surface area contributed by atoms with Crippen LogP contribution in [0.5, 0.6) is 0 Å². The molecule has 0 saturated heterocycles. The van der Waals surface area contributed by atoms with E-state index in [-0.39, 0.29) is 0 Å². The zero-order valence-electron chi connectivity index (χ0n) is 9.91. The van der Waals surface area contributed by atoms with Gasteiger partial charge in [0.1, 0.15) is 0 Å². The molecule has 13 heavy (non-hydrogen) atoms. The standard InChI is InChI=1S/C13H24/c1-10(2)12-6-7-13(8-12,9-12)11(3,4)5/h10H,6-9H2,1-5H3. The molecule has 0 aliphatic heterocycles. The van der Waals surface area contributed by atoms with Crippen molar-refractivity contribution in [3.63, 3.8) is 0 Å². The largest absolute Gasteiger partial charge is 0.0622 e. The summed E-state index contributed by atoms with van der Waals surface area (Å²) in [6.45, 7) is 12.1. The molecule has 0 heteroatoms. The third kappa shape index (κ3) is 1.04. The molecule has 76 valence electrons. The molecule has 0 nitrogen and oxygen atoms in total. The van der Waals surface area contributed by atoms with Crippen LogP contribution in [-0.2, 0) is 0 Å². The van der Waals surface area contributed by atoms with Crippen molar-refractivity contribution >= 4 is 0 Å². The van der Waals surface area contributed by atoms with Crippen molar-refractivity contribution in [2.24, 2.45) is 22.2 Å². The van der Waals surface area contributed by atoms with Crippen LogP contribution in [0.3, 0.4) is 0 Å². The van der Waals surface area contributed by atoms with Gasteiger partial charge in [-0.15, -0.1) is 0 Å². The van der Waals surface area contributed by atoms with Gasteiger partial charge in [0.05, 0.1) is 0 Å². The average Bonchev–Trinajstić information content (AvgIpc) is 2.34. The van der Waals surface area contributed by atoms with E-state index in [0.29, 0.717) is 5.41 Å². The fourth-order valence-corrected chi connectivity index (χ4v) is 3.74. The third-order valence-corrected chi connectivity index (χ3v) is 5.30. The van der Waals surface area contributed by atoms with Crippen molar-refractivity contribution in [2.75, 3.05) is 0 Å². The molecule has 0 atom stereocenters. The monoisotopic (exact) mass is 180 g/mol. The molecule has 0 aromatic carbocycles. The number of fused-ring (bicyclic) bond motifs is 1. The summed E-state index contributed by atoms with van der Waals surface area (Å²) in [5.41, 5.74) is 2.02. The Morgan fingerprint density at radius 3 is 1.77 bits per heavy atom. The van der Waals surface area contributed by atoms with Crippen molar-refractivity contribution < 1.29 is 0 Å². The summed E-state index contributed by atoms with van der Waals surface area (Å²) in [6.07, 6.45) is 6.03. The highest BCUT2D eigenvalue weighted by atomic mass is 14.7. The average molecular weight is 180 g/mol. The normalized spacial score (nSPS) is 43.8. The van der Waals surface area contributed by atoms with Crippen LogP contribution in [-0.4, -0.2) is 0 Å². The maximum atomic E-state index is 2.43. The van der Waals surface area contributed by atoms with E-state index in [1.54, 1.807) is 0 Å². The Labute approximate surface area is 83.1 Å². The van der Waals surface area contributed by atoms with Crippen molar-refractivity contribution in [3.8, 4) is 0 Å². The van der Waals surface area contributed by atoms with Crippen molar-refractivity contribution in [2.45, 2.75) is 60.3 Å². The van der Waals surface area contributed by atoms with Gasteiger partial charge in [0.15, 0.2) is 0 Å². The highest BCUT2D eigenvalue weighted by Gasteiger charge is 2.65. The summed E-state index contributed by atoms with van der Waals surface area (Å²) < 4.78 is 0. The molecule has 0 amide bonds. The fourth-order valence-electron chi connectivity index (χ4n) is 3.74. The van der Waals surface area contributed by atoms with Gasteiger partial charge >= 0.3 is 0 Å². The molecular formula is C13H24. The quantitative estimate of drug-likeness (QED) is 0.566. The minimum atomic E-state index is 0.544. The first-order chi connectivity index (χ1) is 5.81. The lowest BCUT2D eigenvalue weighted by atomic mass is 9.48. The van der Waals surface area contributed by atoms with Gasteiger partial charge in [-0.3, -0.25) is 0 Å². The molecule has 0 unspecified atom stereocenters. The van der Waals surface area contributed by atoms with E-state index >= 15 is 0 Å². The number of hydrogen-bond donors (Lipinski definition) is 0. The molecule has 3 aliphatic carbocycles. The Morgan fingerprint density at radius 1 is 1.00 bits per heavy atom. The smallest absolute Gasteiger partial charge is 0.0238 e. The minimum absolute atomic E-state index is 0.544. The first kappa shape index (κ1) is 9.55. The second-order valence-corrected chi connectivity index (χ2v) is 6.90. The van der Waals surface area contributed by atoms with E-state index in [1.807, 2.05) is 0 Å². The fraction of sp³-hybridized carbons (Fsp3) is 1.00. The van der Waals surface area contributed by atoms with Gasteiger partial charge in [-0.2, -0.15) is 0 Å². The van der Waals surface area contributed by atoms with Gasteiger partial charge in [0.2, 0.25) is 0 Å². The molecule has 0 aromatic rings. The van der Waals surface area contributed by atoms with Gasteiger partial charge in [-0.05, 0) is 47.8 Å². The topological polar surface area (TPSA) is 0 Å². The molecule has 0 aromatic heterocycles. The van der Waals surface area contributed by atoms with Crippen molar-refractivity contribution in [3.05, 3.63) is 0 Å². The van der Waals surface area contributed by atoms with Gasteiger partial charge in [0.25, 0.3) is 0 Å². The van der Waals surface area contributed by atoms with E-state index in [2.05, 4.69) is 34.6 Å². The molecule has 2 bridgehead atoms. The van der Waals surface area contributed by atoms with Gasteiger partial charge < -0.3 is 0 Å². The zero-order chi connectivity index (χ0) is 9.91. The highest BCUT2D eigenvalue weighted by molar-refractivity contribution is 5.15. The lowest BCUT2D eigenvalue weighted by molar-refractivity contribution is -0.0689. The van der Waals surface area contributed by atoms with E-state index in [4.69, 9.17) is 0 Å². The van der Waals surface area contributed by atoms with E-state index in [0.717, 1.165) is 16.7 Å². The van der Waals surface area contributed by atoms with Crippen LogP contribution in [0.2, 0.25) is 0 Å². The van der Waals surface area contributed by atoms with Crippen LogP contribution in [0.4, 0.5) is 0 Å². The molecule has 3 aliphatic rings. The second-order valence-electron chi connectivity index (χ2n) is 6.90. The predicted molar refractivity (Wildman–Crippen MR) is 57.6 cm³/mol. The van der Waals surface area contributed by atoms with Gasteiger partial charge in [-0.25, -0.2) is 0 Å². The molecule has 0 radical (unpaired) electrons. The van der Waals surface area contributed by atoms with Gasteiger partial charge in [-0.1, -0.05) is 34.6 Å². The van der Waals surface area contributed by atoms with Crippen LogP contribution in [0.25, 0.3) is 0 Å². The Bertz CT molecular complexity index is 211. The van der Waals surface area contributed by atoms with Crippen LogP contribution in [0.15, 0.2) is 0 Å². The lowest BCUT2D eigenvalue weighted by Gasteiger charge is -2.56. The SMILES string of the molecule is CC(C)C12CCC(C(C)(C)C)(C1)C2. The number of rotatable bonds is 1. The molecule has 0 N–H and O–H groups in total. The Hall–Kier alpha value is 0. The summed E-state index contributed by atoms with van der Waals surface area (Å²) in [5, 5.41) is 0. The highest BCUT2D eigenvalue weighted by Crippen LogP contribution is 2.75. The third-order valence-electron chi connectivity index (χ3n) is 5.30. The molecule has 3 saturated carbocycles. The van der Waals surface area contributed by atoms with Crippen molar-refractivity contribution in [1.29, 1.82) is 0 Å². The lowest BCUT2D eigenvalue weighted by Crippen LogP contribution is -2.47. The first-order valence-corrected chi connectivity index (χ1v) is 5.81. The molecule has 0 heterocycles. The summed E-state index contributed by atoms with van der Waals surface area (Å²) in [4.78, 5) is 0. The molecule has 0 spiro atoms. The predicted octanol–water partition coefficient (Wildman–Crippen LogP) is 4.25. The van der Waals surface area contributed by atoms with Crippen LogP contribution in [0.1, 0.15) is 60.3 Å². The van der Waals surface area contributed by atoms with E-state index in [1.165, 1.54) is 25.7 Å². The van der Waals surface area contributed by atoms with Crippen LogP contribution in [0, 0.1) is 22.2 Å². The van der Waals surface area contributed by atoms with Gasteiger partial charge in [0, 0.05) is 0 Å². The molecule has 3 rings (SSSR count). The second kappa shape index (κ2) is 2.32. The maximum Gasteiger partial charge on any atom is -0.0238 e. The first-order valence-electron chi connectivity index (χ1n) is 5.81. The molecule has 3 fully saturated rings. The summed E-state index contributed by atoms with van der Waals surface area (Å²) in [6, 6.07) is 0. The van der Waals surface area contributed by atoms with E-state index < -0.39 is 0 Å². The minimum Gasteiger partial charge on any atom is -0.0622 e. The van der Waals surface area contributed by atoms with Crippen molar-refractivity contribution in [1.82, 2.24) is 0 Å². The molecular weight excluding hydrogens is 156 g/mol.